The van der Waals surface area contributed by atoms with Gasteiger partial charge in [-0.15, -0.1) is 0 Å². The van der Waals surface area contributed by atoms with E-state index in [1.54, 1.807) is 0 Å². The number of rotatable bonds is 6. The minimum absolute atomic E-state index is 0.325. The van der Waals surface area contributed by atoms with Crippen LogP contribution >= 0.6 is 0 Å². The number of aromatic nitrogens is 2. The van der Waals surface area contributed by atoms with Crippen LogP contribution < -0.4 is 0 Å². The second kappa shape index (κ2) is 15.4. The van der Waals surface area contributed by atoms with E-state index in [0.717, 1.165) is 83.9 Å². The van der Waals surface area contributed by atoms with Crippen LogP contribution in [-0.2, 0) is 6.42 Å². The molecule has 1 aliphatic rings. The lowest BCUT2D eigenvalue weighted by Crippen LogP contribution is -2.10. The minimum Gasteiger partial charge on any atom is -0.456 e. The minimum atomic E-state index is 0.325. The van der Waals surface area contributed by atoms with Crippen molar-refractivity contribution in [2.24, 2.45) is 0 Å². The molecule has 1 aliphatic carbocycles. The first kappa shape index (κ1) is 38.1. The summed E-state index contributed by atoms with van der Waals surface area (Å²) in [7, 11) is 0. The summed E-state index contributed by atoms with van der Waals surface area (Å²) in [5, 5.41) is 4.24. The number of para-hydroxylation sites is 1. The summed E-state index contributed by atoms with van der Waals surface area (Å²) in [6, 6.07) is 75.8. The Labute approximate surface area is 382 Å². The predicted molar refractivity (Wildman–Crippen MR) is 271 cm³/mol. The van der Waals surface area contributed by atoms with Gasteiger partial charge in [-0.3, -0.25) is 0 Å². The first-order valence-corrected chi connectivity index (χ1v) is 22.8. The second-order valence-corrected chi connectivity index (χ2v) is 17.7. The van der Waals surface area contributed by atoms with Crippen LogP contribution in [-0.4, -0.2) is 9.97 Å². The van der Waals surface area contributed by atoms with Gasteiger partial charge in [-0.1, -0.05) is 171 Å². The number of nitrogens with zero attached hydrogens (tertiary/aromatic N) is 2. The maximum absolute atomic E-state index is 6.63. The quantitative estimate of drug-likeness (QED) is 0.167. The molecule has 2 atom stereocenters. The Hall–Kier alpha value is -8.34. The summed E-state index contributed by atoms with van der Waals surface area (Å²) in [5.74, 6) is 1.28. The van der Waals surface area contributed by atoms with Gasteiger partial charge in [0.15, 0.2) is 5.82 Å². The van der Waals surface area contributed by atoms with Gasteiger partial charge in [-0.25, -0.2) is 9.97 Å². The Balaban J connectivity index is 0.954. The molecule has 9 aromatic carbocycles. The summed E-state index contributed by atoms with van der Waals surface area (Å²) in [5.41, 5.74) is 19.4. The van der Waals surface area contributed by atoms with Crippen LogP contribution in [0.3, 0.4) is 0 Å². The number of hydrogen-bond acceptors (Lipinski definition) is 4. The van der Waals surface area contributed by atoms with Gasteiger partial charge >= 0.3 is 0 Å². The van der Waals surface area contributed by atoms with E-state index in [-0.39, 0.29) is 0 Å². The van der Waals surface area contributed by atoms with Crippen molar-refractivity contribution < 1.29 is 8.83 Å². The average Bonchev–Trinajstić information content (AvgIpc) is 3.92. The Bertz CT molecular complexity index is 3810. The first-order chi connectivity index (χ1) is 32.6. The Kier molecular flexibility index (Phi) is 8.92. The second-order valence-electron chi connectivity index (χ2n) is 17.7. The average molecular weight is 847 g/mol. The van der Waals surface area contributed by atoms with Crippen LogP contribution in [0.2, 0.25) is 0 Å². The maximum atomic E-state index is 6.63. The van der Waals surface area contributed by atoms with Crippen molar-refractivity contribution in [2.45, 2.75) is 25.2 Å². The fourth-order valence-corrected chi connectivity index (χ4v) is 10.5. The number of hydrogen-bond donors (Lipinski definition) is 0. The molecule has 0 aliphatic heterocycles. The van der Waals surface area contributed by atoms with Crippen LogP contribution in [0.1, 0.15) is 35.4 Å². The van der Waals surface area contributed by atoms with Crippen molar-refractivity contribution in [1.82, 2.24) is 9.97 Å². The van der Waals surface area contributed by atoms with Crippen molar-refractivity contribution in [3.05, 3.63) is 229 Å². The van der Waals surface area contributed by atoms with Gasteiger partial charge in [0.05, 0.1) is 11.4 Å². The molecule has 0 radical (unpaired) electrons. The number of furan rings is 2. The standard InChI is InChI=1S/C62H42N2O2/c1-38-47-28-24-43(39-14-5-2-6-15-39)33-53(47)48-29-25-42(32-46(48)35-52(38)40-16-7-3-8-17-40)44-27-31-58-54(34-44)61-51(21-13-23-59(61)65-58)56-37-55(41-18-9-4-10-19-41)63-62(64-56)45-26-30-50-49-20-11-12-22-57(49)66-60(50)36-45/h2-34,36-38,52H,35H2,1H3. The lowest BCUT2D eigenvalue weighted by atomic mass is 9.80. The molecule has 0 saturated carbocycles. The van der Waals surface area contributed by atoms with Gasteiger partial charge in [-0.05, 0) is 117 Å². The molecule has 0 bridgehead atoms. The fraction of sp³-hybridized carbons (Fsp3) is 0.0645. The fourth-order valence-electron chi connectivity index (χ4n) is 10.5. The highest BCUT2D eigenvalue weighted by molar-refractivity contribution is 6.13. The maximum Gasteiger partial charge on any atom is 0.160 e. The zero-order valence-corrected chi connectivity index (χ0v) is 36.3. The number of benzene rings is 9. The monoisotopic (exact) mass is 846 g/mol. The third kappa shape index (κ3) is 6.44. The molecule has 4 nitrogen and oxygen atoms in total. The van der Waals surface area contributed by atoms with Gasteiger partial charge in [0.2, 0.25) is 0 Å². The zero-order chi connectivity index (χ0) is 43.7. The highest BCUT2D eigenvalue weighted by Gasteiger charge is 2.29. The molecule has 0 saturated heterocycles. The molecule has 13 rings (SSSR count). The van der Waals surface area contributed by atoms with E-state index in [1.165, 1.54) is 44.5 Å². The summed E-state index contributed by atoms with van der Waals surface area (Å²) in [6.07, 6.45) is 0.938. The van der Waals surface area contributed by atoms with Crippen molar-refractivity contribution in [3.63, 3.8) is 0 Å². The molecule has 0 spiro atoms. The molecular weight excluding hydrogens is 805 g/mol. The topological polar surface area (TPSA) is 52.1 Å². The zero-order valence-electron chi connectivity index (χ0n) is 36.3. The van der Waals surface area contributed by atoms with Gasteiger partial charge in [0, 0.05) is 38.2 Å². The molecule has 312 valence electrons. The van der Waals surface area contributed by atoms with Gasteiger partial charge in [0.25, 0.3) is 0 Å². The summed E-state index contributed by atoms with van der Waals surface area (Å²) in [6.45, 7) is 2.41. The Morgan fingerprint density at radius 3 is 1.88 bits per heavy atom. The lowest BCUT2D eigenvalue weighted by molar-refractivity contribution is 0.579. The van der Waals surface area contributed by atoms with Crippen molar-refractivity contribution >= 4 is 43.9 Å². The number of fused-ring (bicyclic) bond motifs is 9. The van der Waals surface area contributed by atoms with E-state index in [1.807, 2.05) is 24.3 Å². The molecule has 66 heavy (non-hydrogen) atoms. The molecule has 3 heterocycles. The molecule has 4 heteroatoms. The van der Waals surface area contributed by atoms with E-state index in [9.17, 15) is 0 Å². The first-order valence-electron chi connectivity index (χ1n) is 22.8. The molecule has 0 fully saturated rings. The van der Waals surface area contributed by atoms with Crippen LogP contribution in [0.15, 0.2) is 221 Å². The molecule has 12 aromatic rings. The van der Waals surface area contributed by atoms with Crippen LogP contribution in [0, 0.1) is 0 Å². The molecule has 2 unspecified atom stereocenters. The molecule has 0 N–H and O–H groups in total. The molecule has 3 aromatic heterocycles. The highest BCUT2D eigenvalue weighted by atomic mass is 16.3. The Morgan fingerprint density at radius 1 is 0.394 bits per heavy atom. The normalized spacial score (nSPS) is 14.7. The van der Waals surface area contributed by atoms with E-state index < -0.39 is 0 Å². The van der Waals surface area contributed by atoms with Crippen LogP contribution in [0.4, 0.5) is 0 Å². The largest absolute Gasteiger partial charge is 0.456 e. The van der Waals surface area contributed by atoms with E-state index in [4.69, 9.17) is 18.8 Å². The molecular formula is C62H42N2O2. The summed E-state index contributed by atoms with van der Waals surface area (Å²) >= 11 is 0. The predicted octanol–water partition coefficient (Wildman–Crippen LogP) is 16.7. The van der Waals surface area contributed by atoms with E-state index >= 15 is 0 Å². The lowest BCUT2D eigenvalue weighted by Gasteiger charge is -2.24. The van der Waals surface area contributed by atoms with E-state index in [2.05, 4.69) is 195 Å². The third-order valence-corrected chi connectivity index (χ3v) is 13.9. The summed E-state index contributed by atoms with van der Waals surface area (Å²) < 4.78 is 12.9. The van der Waals surface area contributed by atoms with Crippen molar-refractivity contribution in [2.75, 3.05) is 0 Å². The highest BCUT2D eigenvalue weighted by Crippen LogP contribution is 2.48. The third-order valence-electron chi connectivity index (χ3n) is 13.9. The SMILES string of the molecule is CC1c2ccc(-c3ccccc3)cc2-c2ccc(-c3ccc4oc5cccc(-c6cc(-c7ccccc7)nc(-c7ccc8c(c7)oc7ccccc78)n6)c5c4c3)cc2CC1c1ccccc1. The van der Waals surface area contributed by atoms with Crippen LogP contribution in [0.5, 0.6) is 0 Å². The Morgan fingerprint density at radius 2 is 1.03 bits per heavy atom. The van der Waals surface area contributed by atoms with Crippen LogP contribution in [0.25, 0.3) is 111 Å². The van der Waals surface area contributed by atoms with Gasteiger partial charge in [0.1, 0.15) is 22.3 Å². The van der Waals surface area contributed by atoms with Crippen molar-refractivity contribution in [1.29, 1.82) is 0 Å². The van der Waals surface area contributed by atoms with Crippen molar-refractivity contribution in [3.8, 4) is 67.3 Å². The van der Waals surface area contributed by atoms with Gasteiger partial charge < -0.3 is 8.83 Å². The van der Waals surface area contributed by atoms with Gasteiger partial charge in [-0.2, -0.15) is 0 Å². The summed E-state index contributed by atoms with van der Waals surface area (Å²) in [4.78, 5) is 10.5. The van der Waals surface area contributed by atoms with E-state index in [0.29, 0.717) is 17.7 Å². The molecule has 0 amide bonds. The smallest absolute Gasteiger partial charge is 0.160 e.